The zero-order valence-corrected chi connectivity index (χ0v) is 15.2. The summed E-state index contributed by atoms with van der Waals surface area (Å²) in [6.07, 6.45) is 1.96. The quantitative estimate of drug-likeness (QED) is 0.534. The Kier molecular flexibility index (Phi) is 9.43. The van der Waals surface area contributed by atoms with Crippen LogP contribution in [0.15, 0.2) is 35.3 Å². The largest absolute Gasteiger partial charge is 0.415 e. The summed E-state index contributed by atoms with van der Waals surface area (Å²) >= 11 is 0. The normalized spacial score (nSPS) is 13.2. The molecule has 0 aliphatic carbocycles. The highest BCUT2D eigenvalue weighted by Gasteiger charge is 2.18. The van der Waals surface area contributed by atoms with Gasteiger partial charge in [-0.1, -0.05) is 58.0 Å². The summed E-state index contributed by atoms with van der Waals surface area (Å²) in [6.45, 7) is 15.8. The molecule has 0 spiro atoms. The third kappa shape index (κ3) is 9.05. The Balaban J connectivity index is 0.00000172. The molecule has 0 aliphatic rings. The Morgan fingerprint density at radius 2 is 1.65 bits per heavy atom. The molecule has 114 valence electrons. The zero-order valence-electron chi connectivity index (χ0n) is 14.2. The Morgan fingerprint density at radius 1 is 1.10 bits per heavy atom. The second-order valence-corrected chi connectivity index (χ2v) is 10.4. The molecule has 0 radical (unpaired) electrons. The lowest BCUT2D eigenvalue weighted by Gasteiger charge is -2.23. The van der Waals surface area contributed by atoms with Gasteiger partial charge in [0.25, 0.3) is 0 Å². The summed E-state index contributed by atoms with van der Waals surface area (Å²) in [7, 11) is -1.45. The van der Waals surface area contributed by atoms with Gasteiger partial charge >= 0.3 is 0 Å². The maximum atomic E-state index is 5.97. The van der Waals surface area contributed by atoms with Crippen LogP contribution in [0.2, 0.25) is 19.6 Å². The molecule has 0 N–H and O–H groups in total. The number of nitrogens with zero attached hydrogens (tertiary/aromatic N) is 1. The van der Waals surface area contributed by atoms with Crippen LogP contribution in [0.3, 0.4) is 0 Å². The van der Waals surface area contributed by atoms with Gasteiger partial charge in [0.2, 0.25) is 0 Å². The van der Waals surface area contributed by atoms with E-state index in [1.54, 1.807) is 0 Å². The predicted molar refractivity (Wildman–Crippen MR) is 93.3 cm³/mol. The van der Waals surface area contributed by atoms with Crippen LogP contribution in [0, 0.1) is 5.92 Å². The summed E-state index contributed by atoms with van der Waals surface area (Å²) in [4.78, 5) is 4.67. The van der Waals surface area contributed by atoms with Crippen LogP contribution in [0.5, 0.6) is 0 Å². The molecule has 1 rings (SSSR count). The number of hydrogen-bond acceptors (Lipinski definition) is 2. The number of benzene rings is 1. The van der Waals surface area contributed by atoms with Crippen molar-refractivity contribution in [2.45, 2.75) is 53.4 Å². The molecular formula is C17H31NOSi. The fourth-order valence-corrected chi connectivity index (χ4v) is 2.13. The lowest BCUT2D eigenvalue weighted by molar-refractivity contribution is 0.255. The number of hydrogen-bond donors (Lipinski definition) is 0. The molecule has 0 saturated carbocycles. The van der Waals surface area contributed by atoms with Crippen molar-refractivity contribution in [2.24, 2.45) is 10.9 Å². The van der Waals surface area contributed by atoms with E-state index in [4.69, 9.17) is 4.43 Å². The van der Waals surface area contributed by atoms with Gasteiger partial charge in [-0.2, -0.15) is 0 Å². The van der Waals surface area contributed by atoms with Gasteiger partial charge in [0.1, 0.15) is 0 Å². The molecule has 1 atom stereocenters. The highest BCUT2D eigenvalue weighted by molar-refractivity contribution is 6.69. The van der Waals surface area contributed by atoms with E-state index in [2.05, 4.69) is 50.6 Å². The minimum absolute atomic E-state index is 0.247. The van der Waals surface area contributed by atoms with Gasteiger partial charge < -0.3 is 4.43 Å². The van der Waals surface area contributed by atoms with Crippen LogP contribution >= 0.6 is 0 Å². The molecule has 3 heteroatoms. The fourth-order valence-electron chi connectivity index (χ4n) is 1.46. The van der Waals surface area contributed by atoms with Gasteiger partial charge in [-0.3, -0.25) is 4.99 Å². The first-order chi connectivity index (χ1) is 9.38. The summed E-state index contributed by atoms with van der Waals surface area (Å²) in [5.41, 5.74) is 1.15. The topological polar surface area (TPSA) is 21.6 Å². The van der Waals surface area contributed by atoms with Crippen LogP contribution in [-0.2, 0) is 4.43 Å². The number of rotatable bonds is 6. The summed E-state index contributed by atoms with van der Waals surface area (Å²) in [5.74, 6) is 0.501. The second-order valence-electron chi connectivity index (χ2n) is 5.92. The van der Waals surface area contributed by atoms with E-state index in [1.807, 2.05) is 38.3 Å². The fraction of sp³-hybridized carbons (Fsp3) is 0.588. The highest BCUT2D eigenvalue weighted by atomic mass is 28.4. The van der Waals surface area contributed by atoms with Gasteiger partial charge in [-0.15, -0.1) is 0 Å². The molecule has 0 aromatic heterocycles. The van der Waals surface area contributed by atoms with Gasteiger partial charge in [-0.25, -0.2) is 0 Å². The van der Waals surface area contributed by atoms with Crippen LogP contribution in [0.1, 0.15) is 33.3 Å². The summed E-state index contributed by atoms with van der Waals surface area (Å²) in [6, 6.07) is 10.5. The Morgan fingerprint density at radius 3 is 2.10 bits per heavy atom. The Bertz CT molecular complexity index is 368. The van der Waals surface area contributed by atoms with Crippen molar-refractivity contribution in [3.63, 3.8) is 0 Å². The van der Waals surface area contributed by atoms with E-state index in [0.717, 1.165) is 12.2 Å². The molecule has 1 aromatic rings. The van der Waals surface area contributed by atoms with E-state index in [0.29, 0.717) is 5.92 Å². The van der Waals surface area contributed by atoms with Gasteiger partial charge in [0.05, 0.1) is 12.6 Å². The molecule has 20 heavy (non-hydrogen) atoms. The zero-order chi connectivity index (χ0) is 15.6. The summed E-state index contributed by atoms with van der Waals surface area (Å²) < 4.78 is 5.97. The van der Waals surface area contributed by atoms with Gasteiger partial charge in [0.15, 0.2) is 8.32 Å². The molecule has 1 unspecified atom stereocenters. The maximum Gasteiger partial charge on any atom is 0.183 e. The first-order valence-electron chi connectivity index (χ1n) is 7.60. The van der Waals surface area contributed by atoms with Crippen LogP contribution in [-0.4, -0.2) is 27.2 Å². The maximum absolute atomic E-state index is 5.97. The van der Waals surface area contributed by atoms with Crippen LogP contribution in [0.4, 0.5) is 0 Å². The van der Waals surface area contributed by atoms with Crippen molar-refractivity contribution >= 4 is 14.5 Å². The lowest BCUT2D eigenvalue weighted by Crippen LogP contribution is -2.31. The highest BCUT2D eigenvalue weighted by Crippen LogP contribution is 2.11. The monoisotopic (exact) mass is 293 g/mol. The average Bonchev–Trinajstić information content (AvgIpc) is 2.40. The molecule has 0 heterocycles. The smallest absolute Gasteiger partial charge is 0.183 e. The average molecular weight is 294 g/mol. The minimum atomic E-state index is -1.45. The van der Waals surface area contributed by atoms with E-state index >= 15 is 0 Å². The number of aliphatic imine (C=N–C) groups is 1. The molecule has 2 nitrogen and oxygen atoms in total. The predicted octanol–water partition coefficient (Wildman–Crippen LogP) is 5.01. The second kappa shape index (κ2) is 9.89. The first kappa shape index (κ1) is 19.1. The van der Waals surface area contributed by atoms with E-state index in [-0.39, 0.29) is 6.04 Å². The van der Waals surface area contributed by atoms with Crippen molar-refractivity contribution in [1.82, 2.24) is 0 Å². The summed E-state index contributed by atoms with van der Waals surface area (Å²) in [5, 5.41) is 0. The standard InChI is InChI=1S/C15H25NOSi.C2H6/c1-13(2)15(12-17-18(3,4)5)16-11-14-9-7-6-8-10-14;1-2/h6-11,13,15H,12H2,1-5H3;1-2H3. The molecule has 0 amide bonds. The SMILES string of the molecule is CC.CC(C)C(CO[Si](C)(C)C)N=Cc1ccccc1. The van der Waals surface area contributed by atoms with Gasteiger partial charge in [0, 0.05) is 6.21 Å². The van der Waals surface area contributed by atoms with E-state index in [9.17, 15) is 0 Å². The lowest BCUT2D eigenvalue weighted by atomic mass is 10.1. The third-order valence-corrected chi connectivity index (χ3v) is 3.70. The molecule has 0 fully saturated rings. The van der Waals surface area contributed by atoms with Crippen molar-refractivity contribution in [1.29, 1.82) is 0 Å². The van der Waals surface area contributed by atoms with E-state index < -0.39 is 8.32 Å². The molecular weight excluding hydrogens is 262 g/mol. The van der Waals surface area contributed by atoms with Crippen molar-refractivity contribution in [2.75, 3.05) is 6.61 Å². The first-order valence-corrected chi connectivity index (χ1v) is 11.0. The van der Waals surface area contributed by atoms with Crippen molar-refractivity contribution in [3.8, 4) is 0 Å². The van der Waals surface area contributed by atoms with Crippen molar-refractivity contribution in [3.05, 3.63) is 35.9 Å². The molecule has 1 aromatic carbocycles. The molecule has 0 saturated heterocycles. The van der Waals surface area contributed by atoms with Gasteiger partial charge in [-0.05, 0) is 31.1 Å². The van der Waals surface area contributed by atoms with Crippen LogP contribution in [0.25, 0.3) is 0 Å². The Hall–Kier alpha value is -0.933. The minimum Gasteiger partial charge on any atom is -0.415 e. The van der Waals surface area contributed by atoms with E-state index in [1.165, 1.54) is 0 Å². The van der Waals surface area contributed by atoms with Crippen molar-refractivity contribution < 1.29 is 4.43 Å². The van der Waals surface area contributed by atoms with Crippen LogP contribution < -0.4 is 0 Å². The molecule has 0 bridgehead atoms. The Labute approximate surface area is 126 Å². The third-order valence-electron chi connectivity index (χ3n) is 2.67. The molecule has 0 aliphatic heterocycles.